The Morgan fingerprint density at radius 3 is 2.74 bits per heavy atom. The predicted molar refractivity (Wildman–Crippen MR) is 138 cm³/mol. The first-order valence-electron chi connectivity index (χ1n) is 12.0. The van der Waals surface area contributed by atoms with Crippen LogP contribution in [0.2, 0.25) is 0 Å². The number of aromatic nitrogens is 3. The third-order valence-corrected chi connectivity index (χ3v) is 6.73. The number of nitrogens with one attached hydrogen (secondary N) is 1. The second-order valence-corrected chi connectivity index (χ2v) is 9.38. The molecule has 4 rings (SSSR count). The van der Waals surface area contributed by atoms with E-state index in [9.17, 15) is 4.79 Å². The molecule has 0 unspecified atom stereocenters. The molecule has 1 aliphatic carbocycles. The van der Waals surface area contributed by atoms with Gasteiger partial charge in [-0.25, -0.2) is 0 Å². The Hall–Kier alpha value is -3.06. The van der Waals surface area contributed by atoms with Gasteiger partial charge in [-0.15, -0.1) is 10.2 Å². The fraction of sp³-hybridized carbons (Fsp3) is 0.370. The number of allylic oxidation sites excluding steroid dienone is 1. The van der Waals surface area contributed by atoms with E-state index in [1.807, 2.05) is 47.9 Å². The molecule has 1 aliphatic rings. The Balaban J connectivity index is 1.49. The van der Waals surface area contributed by atoms with Gasteiger partial charge in [-0.2, -0.15) is 0 Å². The van der Waals surface area contributed by atoms with Crippen LogP contribution in [0.15, 0.2) is 65.3 Å². The van der Waals surface area contributed by atoms with Gasteiger partial charge in [0.2, 0.25) is 5.91 Å². The topological polar surface area (TPSA) is 69.0 Å². The molecule has 178 valence electrons. The summed E-state index contributed by atoms with van der Waals surface area (Å²) in [6, 6.07) is 16.1. The van der Waals surface area contributed by atoms with Gasteiger partial charge in [0.1, 0.15) is 5.75 Å². The molecule has 1 amide bonds. The molecule has 2 aromatic carbocycles. The molecule has 1 N–H and O–H groups in total. The number of benzene rings is 2. The summed E-state index contributed by atoms with van der Waals surface area (Å²) < 4.78 is 7.61. The Morgan fingerprint density at radius 2 is 2.00 bits per heavy atom. The Labute approximate surface area is 205 Å². The van der Waals surface area contributed by atoms with Crippen molar-refractivity contribution in [2.75, 3.05) is 18.9 Å². The number of rotatable bonds is 10. The molecule has 0 aliphatic heterocycles. The van der Waals surface area contributed by atoms with Gasteiger partial charge in [-0.1, -0.05) is 47.2 Å². The van der Waals surface area contributed by atoms with Crippen molar-refractivity contribution in [1.82, 2.24) is 20.1 Å². The third kappa shape index (κ3) is 6.29. The van der Waals surface area contributed by atoms with Crippen LogP contribution in [-0.2, 0) is 4.79 Å². The Bertz CT molecular complexity index is 1140. The normalized spacial score (nSPS) is 13.4. The maximum atomic E-state index is 12.5. The summed E-state index contributed by atoms with van der Waals surface area (Å²) in [5.41, 5.74) is 4.54. The summed E-state index contributed by atoms with van der Waals surface area (Å²) in [4.78, 5) is 12.5. The van der Waals surface area contributed by atoms with E-state index in [4.69, 9.17) is 4.74 Å². The third-order valence-electron chi connectivity index (χ3n) is 5.80. The number of hydrogen-bond acceptors (Lipinski definition) is 5. The van der Waals surface area contributed by atoms with Gasteiger partial charge in [0.15, 0.2) is 11.0 Å². The first-order valence-corrected chi connectivity index (χ1v) is 13.0. The van der Waals surface area contributed by atoms with Gasteiger partial charge >= 0.3 is 0 Å². The predicted octanol–water partition coefficient (Wildman–Crippen LogP) is 5.74. The van der Waals surface area contributed by atoms with E-state index in [0.29, 0.717) is 24.1 Å². The van der Waals surface area contributed by atoms with Crippen LogP contribution in [0.5, 0.6) is 5.75 Å². The largest absolute Gasteiger partial charge is 0.494 e. The van der Waals surface area contributed by atoms with Crippen LogP contribution in [0.25, 0.3) is 17.1 Å². The summed E-state index contributed by atoms with van der Waals surface area (Å²) >= 11 is 1.40. The van der Waals surface area contributed by atoms with Crippen molar-refractivity contribution in [1.29, 1.82) is 0 Å². The van der Waals surface area contributed by atoms with Crippen molar-refractivity contribution >= 4 is 17.7 Å². The smallest absolute Gasteiger partial charge is 0.230 e. The summed E-state index contributed by atoms with van der Waals surface area (Å²) in [7, 11) is 0. The zero-order chi connectivity index (χ0) is 23.8. The number of nitrogens with zero attached hydrogens (tertiary/aromatic N) is 3. The summed E-state index contributed by atoms with van der Waals surface area (Å²) in [5, 5.41) is 12.7. The van der Waals surface area contributed by atoms with Crippen molar-refractivity contribution in [3.8, 4) is 22.8 Å². The molecule has 0 radical (unpaired) electrons. The van der Waals surface area contributed by atoms with Crippen molar-refractivity contribution in [3.63, 3.8) is 0 Å². The average Bonchev–Trinajstić information content (AvgIpc) is 3.28. The van der Waals surface area contributed by atoms with Crippen LogP contribution in [0, 0.1) is 6.92 Å². The molecule has 6 nitrogen and oxygen atoms in total. The van der Waals surface area contributed by atoms with E-state index in [1.165, 1.54) is 36.6 Å². The molecular formula is C27H32N4O2S. The number of amides is 1. The van der Waals surface area contributed by atoms with Gasteiger partial charge in [0.05, 0.1) is 12.4 Å². The highest BCUT2D eigenvalue weighted by atomic mass is 32.2. The van der Waals surface area contributed by atoms with E-state index in [0.717, 1.165) is 41.2 Å². The number of hydrogen-bond donors (Lipinski definition) is 1. The maximum Gasteiger partial charge on any atom is 0.230 e. The lowest BCUT2D eigenvalue weighted by atomic mass is 9.97. The van der Waals surface area contributed by atoms with Crippen LogP contribution in [-0.4, -0.2) is 39.6 Å². The average molecular weight is 477 g/mol. The van der Waals surface area contributed by atoms with Crippen molar-refractivity contribution < 1.29 is 9.53 Å². The quantitative estimate of drug-likeness (QED) is 0.298. The lowest BCUT2D eigenvalue weighted by Gasteiger charge is -2.13. The second kappa shape index (κ2) is 11.9. The lowest BCUT2D eigenvalue weighted by Crippen LogP contribution is -2.26. The molecule has 0 saturated carbocycles. The van der Waals surface area contributed by atoms with Crippen molar-refractivity contribution in [2.45, 2.75) is 51.1 Å². The minimum Gasteiger partial charge on any atom is -0.494 e. The Kier molecular flexibility index (Phi) is 8.41. The summed E-state index contributed by atoms with van der Waals surface area (Å²) in [6.45, 7) is 5.33. The highest BCUT2D eigenvalue weighted by molar-refractivity contribution is 7.99. The standard InChI is InChI=1S/C27H32N4O2S/c1-3-33-24-14-12-23(13-15-24)31-26(22-11-7-8-20(2)18-22)29-30-27(31)34-19-25(32)28-17-16-21-9-5-4-6-10-21/h7-9,11-15,18H,3-6,10,16-17,19H2,1-2H3,(H,28,32). The highest BCUT2D eigenvalue weighted by Gasteiger charge is 2.18. The van der Waals surface area contributed by atoms with E-state index in [-0.39, 0.29) is 5.91 Å². The van der Waals surface area contributed by atoms with E-state index >= 15 is 0 Å². The number of aryl methyl sites for hydroxylation is 1. The number of thioether (sulfide) groups is 1. The van der Waals surface area contributed by atoms with E-state index in [2.05, 4.69) is 40.6 Å². The molecule has 1 heterocycles. The first kappa shape index (κ1) is 24.1. The molecular weight excluding hydrogens is 444 g/mol. The molecule has 1 aromatic heterocycles. The zero-order valence-electron chi connectivity index (χ0n) is 19.9. The minimum atomic E-state index is 0.0137. The minimum absolute atomic E-state index is 0.0137. The van der Waals surface area contributed by atoms with Gasteiger partial charge in [-0.05, 0) is 76.3 Å². The second-order valence-electron chi connectivity index (χ2n) is 8.43. The molecule has 3 aromatic rings. The summed E-state index contributed by atoms with van der Waals surface area (Å²) in [5.74, 6) is 1.88. The number of carbonyl (C=O) groups is 1. The van der Waals surface area contributed by atoms with Gasteiger partial charge in [0.25, 0.3) is 0 Å². The number of carbonyl (C=O) groups excluding carboxylic acids is 1. The van der Waals surface area contributed by atoms with Crippen LogP contribution >= 0.6 is 11.8 Å². The van der Waals surface area contributed by atoms with Crippen LogP contribution in [0.3, 0.4) is 0 Å². The monoisotopic (exact) mass is 476 g/mol. The molecule has 0 spiro atoms. The SMILES string of the molecule is CCOc1ccc(-n2c(SCC(=O)NCCC3=CCCCC3)nnc2-c2cccc(C)c2)cc1. The molecule has 0 bridgehead atoms. The van der Waals surface area contributed by atoms with Gasteiger partial charge in [0, 0.05) is 17.8 Å². The molecule has 34 heavy (non-hydrogen) atoms. The van der Waals surface area contributed by atoms with Crippen LogP contribution in [0.1, 0.15) is 44.6 Å². The maximum absolute atomic E-state index is 12.5. The molecule has 7 heteroatoms. The highest BCUT2D eigenvalue weighted by Crippen LogP contribution is 2.29. The molecule has 0 fully saturated rings. The van der Waals surface area contributed by atoms with E-state index in [1.54, 1.807) is 0 Å². The van der Waals surface area contributed by atoms with Crippen LogP contribution in [0.4, 0.5) is 0 Å². The van der Waals surface area contributed by atoms with Crippen molar-refractivity contribution in [3.05, 3.63) is 65.7 Å². The van der Waals surface area contributed by atoms with E-state index < -0.39 is 0 Å². The number of ether oxygens (including phenoxy) is 1. The fourth-order valence-corrected chi connectivity index (χ4v) is 4.88. The lowest BCUT2D eigenvalue weighted by molar-refractivity contribution is -0.118. The summed E-state index contributed by atoms with van der Waals surface area (Å²) in [6.07, 6.45) is 8.15. The van der Waals surface area contributed by atoms with Gasteiger partial charge < -0.3 is 10.1 Å². The fourth-order valence-electron chi connectivity index (χ4n) is 4.10. The zero-order valence-corrected chi connectivity index (χ0v) is 20.7. The van der Waals surface area contributed by atoms with Crippen LogP contribution < -0.4 is 10.1 Å². The van der Waals surface area contributed by atoms with Crippen molar-refractivity contribution in [2.24, 2.45) is 0 Å². The molecule has 0 saturated heterocycles. The molecule has 0 atom stereocenters. The Morgan fingerprint density at radius 1 is 1.15 bits per heavy atom. The first-order chi connectivity index (χ1) is 16.6. The van der Waals surface area contributed by atoms with Gasteiger partial charge in [-0.3, -0.25) is 9.36 Å².